The number of anilines is 1. The average molecular weight is 316 g/mol. The standard InChI is InChI=1S/C14H9ClF3NO2/c15-8-1-7(2-9(16)3-8)6-19-13-4-10(14(20)21)11(17)5-12(13)18/h1-5,19H,6H2,(H,20,21). The van der Waals surface area contributed by atoms with Gasteiger partial charge in [0.25, 0.3) is 0 Å². The Morgan fingerprint density at radius 3 is 2.43 bits per heavy atom. The molecule has 110 valence electrons. The number of carboxylic acid groups (broad SMARTS) is 1. The van der Waals surface area contributed by atoms with Crippen LogP contribution in [0.2, 0.25) is 5.02 Å². The van der Waals surface area contributed by atoms with Gasteiger partial charge in [0.2, 0.25) is 0 Å². The molecule has 0 aliphatic carbocycles. The molecule has 0 spiro atoms. The van der Waals surface area contributed by atoms with Gasteiger partial charge >= 0.3 is 5.97 Å². The van der Waals surface area contributed by atoms with Crippen LogP contribution in [-0.2, 0) is 6.54 Å². The number of halogens is 4. The second kappa shape index (κ2) is 6.05. The highest BCUT2D eigenvalue weighted by Crippen LogP contribution is 2.21. The Morgan fingerprint density at radius 1 is 1.10 bits per heavy atom. The Hall–Kier alpha value is -2.21. The zero-order chi connectivity index (χ0) is 15.6. The summed E-state index contributed by atoms with van der Waals surface area (Å²) in [5, 5.41) is 11.5. The summed E-state index contributed by atoms with van der Waals surface area (Å²) in [7, 11) is 0. The summed E-state index contributed by atoms with van der Waals surface area (Å²) >= 11 is 5.68. The molecule has 7 heteroatoms. The molecule has 0 saturated carbocycles. The molecule has 0 heterocycles. The van der Waals surface area contributed by atoms with Crippen LogP contribution in [0.3, 0.4) is 0 Å². The second-order valence-electron chi connectivity index (χ2n) is 4.25. The van der Waals surface area contributed by atoms with Crippen LogP contribution in [-0.4, -0.2) is 11.1 Å². The summed E-state index contributed by atoms with van der Waals surface area (Å²) in [6, 6.07) is 5.10. The molecule has 0 bridgehead atoms. The van der Waals surface area contributed by atoms with Gasteiger partial charge in [-0.25, -0.2) is 18.0 Å². The molecule has 0 saturated heterocycles. The third-order valence-corrected chi connectivity index (χ3v) is 2.91. The summed E-state index contributed by atoms with van der Waals surface area (Å²) in [6.45, 7) is -0.000901. The van der Waals surface area contributed by atoms with Crippen molar-refractivity contribution in [2.24, 2.45) is 0 Å². The van der Waals surface area contributed by atoms with E-state index in [1.54, 1.807) is 0 Å². The molecule has 2 rings (SSSR count). The molecule has 21 heavy (non-hydrogen) atoms. The quantitative estimate of drug-likeness (QED) is 0.894. The van der Waals surface area contributed by atoms with E-state index in [2.05, 4.69) is 5.32 Å². The van der Waals surface area contributed by atoms with Crippen LogP contribution in [0.1, 0.15) is 15.9 Å². The Kier molecular flexibility index (Phi) is 4.37. The molecule has 2 N–H and O–H groups in total. The summed E-state index contributed by atoms with van der Waals surface area (Å²) in [6.07, 6.45) is 0. The normalized spacial score (nSPS) is 10.5. The van der Waals surface area contributed by atoms with E-state index in [1.807, 2.05) is 0 Å². The predicted octanol–water partition coefficient (Wildman–Crippen LogP) is 4.07. The SMILES string of the molecule is O=C(O)c1cc(NCc2cc(F)cc(Cl)c2)c(F)cc1F. The van der Waals surface area contributed by atoms with Crippen LogP contribution in [0.5, 0.6) is 0 Å². The Balaban J connectivity index is 2.23. The van der Waals surface area contributed by atoms with E-state index in [1.165, 1.54) is 12.1 Å². The van der Waals surface area contributed by atoms with Crippen molar-refractivity contribution in [2.45, 2.75) is 6.54 Å². The van der Waals surface area contributed by atoms with Gasteiger partial charge in [0, 0.05) is 17.6 Å². The van der Waals surface area contributed by atoms with Gasteiger partial charge < -0.3 is 10.4 Å². The second-order valence-corrected chi connectivity index (χ2v) is 4.68. The van der Waals surface area contributed by atoms with Gasteiger partial charge in [0.05, 0.1) is 11.3 Å². The number of hydrogen-bond donors (Lipinski definition) is 2. The number of benzene rings is 2. The first kappa shape index (κ1) is 15.2. The van der Waals surface area contributed by atoms with Gasteiger partial charge in [-0.1, -0.05) is 11.6 Å². The molecule has 0 fully saturated rings. The Morgan fingerprint density at radius 2 is 1.81 bits per heavy atom. The molecule has 0 atom stereocenters. The van der Waals surface area contributed by atoms with Crippen LogP contribution in [0.4, 0.5) is 18.9 Å². The van der Waals surface area contributed by atoms with E-state index in [0.717, 1.165) is 12.1 Å². The van der Waals surface area contributed by atoms with Crippen LogP contribution < -0.4 is 5.32 Å². The number of carboxylic acids is 1. The maximum Gasteiger partial charge on any atom is 0.338 e. The van der Waals surface area contributed by atoms with E-state index in [0.29, 0.717) is 11.6 Å². The fourth-order valence-electron chi connectivity index (χ4n) is 1.76. The molecule has 0 radical (unpaired) electrons. The summed E-state index contributed by atoms with van der Waals surface area (Å²) in [5.41, 5.74) is -0.425. The molecular weight excluding hydrogens is 307 g/mol. The van der Waals surface area contributed by atoms with Crippen molar-refractivity contribution in [2.75, 3.05) is 5.32 Å². The molecule has 2 aromatic carbocycles. The lowest BCUT2D eigenvalue weighted by Crippen LogP contribution is -2.07. The zero-order valence-corrected chi connectivity index (χ0v) is 11.2. The first-order valence-corrected chi connectivity index (χ1v) is 6.16. The smallest absolute Gasteiger partial charge is 0.338 e. The van der Waals surface area contributed by atoms with Gasteiger partial charge in [-0.2, -0.15) is 0 Å². The lowest BCUT2D eigenvalue weighted by atomic mass is 10.1. The van der Waals surface area contributed by atoms with Gasteiger partial charge in [-0.15, -0.1) is 0 Å². The third kappa shape index (κ3) is 3.66. The van der Waals surface area contributed by atoms with Crippen molar-refractivity contribution in [1.29, 1.82) is 0 Å². The number of carbonyl (C=O) groups is 1. The maximum absolute atomic E-state index is 13.6. The van der Waals surface area contributed by atoms with E-state index in [-0.39, 0.29) is 17.3 Å². The van der Waals surface area contributed by atoms with Gasteiger partial charge in [0.1, 0.15) is 17.5 Å². The number of rotatable bonds is 4. The molecule has 0 amide bonds. The topological polar surface area (TPSA) is 49.3 Å². The van der Waals surface area contributed by atoms with Crippen molar-refractivity contribution in [1.82, 2.24) is 0 Å². The maximum atomic E-state index is 13.6. The monoisotopic (exact) mass is 315 g/mol. The molecule has 0 aromatic heterocycles. The summed E-state index contributed by atoms with van der Waals surface area (Å²) in [4.78, 5) is 10.8. The Bertz CT molecular complexity index is 687. The van der Waals surface area contributed by atoms with E-state index in [9.17, 15) is 18.0 Å². The average Bonchev–Trinajstić information content (AvgIpc) is 2.36. The first-order valence-electron chi connectivity index (χ1n) is 5.78. The van der Waals surface area contributed by atoms with Gasteiger partial charge in [-0.05, 0) is 29.8 Å². The summed E-state index contributed by atoms with van der Waals surface area (Å²) < 4.78 is 39.9. The van der Waals surface area contributed by atoms with Crippen molar-refractivity contribution >= 4 is 23.3 Å². The lowest BCUT2D eigenvalue weighted by Gasteiger charge is -2.10. The number of aromatic carboxylic acids is 1. The predicted molar refractivity (Wildman–Crippen MR) is 72.1 cm³/mol. The number of hydrogen-bond acceptors (Lipinski definition) is 2. The molecular formula is C14H9ClF3NO2. The van der Waals surface area contributed by atoms with Crippen molar-refractivity contribution in [3.8, 4) is 0 Å². The lowest BCUT2D eigenvalue weighted by molar-refractivity contribution is 0.0692. The molecule has 0 aliphatic rings. The minimum absolute atomic E-state index is 0.000901. The van der Waals surface area contributed by atoms with Crippen LogP contribution in [0.15, 0.2) is 30.3 Å². The van der Waals surface area contributed by atoms with E-state index < -0.39 is 29.0 Å². The van der Waals surface area contributed by atoms with Crippen molar-refractivity contribution in [3.05, 3.63) is 63.9 Å². The third-order valence-electron chi connectivity index (χ3n) is 2.69. The van der Waals surface area contributed by atoms with Crippen LogP contribution in [0, 0.1) is 17.5 Å². The fourth-order valence-corrected chi connectivity index (χ4v) is 2.00. The largest absolute Gasteiger partial charge is 0.478 e. The first-order chi connectivity index (χ1) is 9.86. The summed E-state index contributed by atoms with van der Waals surface area (Å²) in [5.74, 6) is -4.17. The highest BCUT2D eigenvalue weighted by Gasteiger charge is 2.15. The molecule has 0 aliphatic heterocycles. The minimum Gasteiger partial charge on any atom is -0.478 e. The molecule has 0 unspecified atom stereocenters. The van der Waals surface area contributed by atoms with Crippen molar-refractivity contribution < 1.29 is 23.1 Å². The Labute approximate surface area is 123 Å². The fraction of sp³-hybridized carbons (Fsp3) is 0.0714. The van der Waals surface area contributed by atoms with E-state index >= 15 is 0 Å². The van der Waals surface area contributed by atoms with Gasteiger partial charge in [0.15, 0.2) is 0 Å². The number of nitrogens with one attached hydrogen (secondary N) is 1. The van der Waals surface area contributed by atoms with Crippen LogP contribution >= 0.6 is 11.6 Å². The zero-order valence-electron chi connectivity index (χ0n) is 10.5. The molecule has 2 aromatic rings. The minimum atomic E-state index is -1.51. The molecule has 3 nitrogen and oxygen atoms in total. The van der Waals surface area contributed by atoms with Gasteiger partial charge in [-0.3, -0.25) is 0 Å². The highest BCUT2D eigenvalue weighted by atomic mass is 35.5. The van der Waals surface area contributed by atoms with Crippen LogP contribution in [0.25, 0.3) is 0 Å². The van der Waals surface area contributed by atoms with E-state index in [4.69, 9.17) is 16.7 Å². The highest BCUT2D eigenvalue weighted by molar-refractivity contribution is 6.30. The van der Waals surface area contributed by atoms with Crippen molar-refractivity contribution in [3.63, 3.8) is 0 Å².